The summed E-state index contributed by atoms with van der Waals surface area (Å²) in [6.45, 7) is 4.64. The molecule has 0 aliphatic carbocycles. The highest BCUT2D eigenvalue weighted by Crippen LogP contribution is 2.24. The molecular formula is C12H18O3. The minimum absolute atomic E-state index is 0.0542. The molecular weight excluding hydrogens is 192 g/mol. The van der Waals surface area contributed by atoms with E-state index in [4.69, 9.17) is 14.9 Å². The van der Waals surface area contributed by atoms with Crippen LogP contribution in [0, 0.1) is 13.8 Å². The molecule has 0 radical (unpaired) electrons. The van der Waals surface area contributed by atoms with E-state index in [2.05, 4.69) is 0 Å². The van der Waals surface area contributed by atoms with Gasteiger partial charge in [-0.2, -0.15) is 0 Å². The molecule has 1 aromatic rings. The lowest BCUT2D eigenvalue weighted by Crippen LogP contribution is -2.03. The second kappa shape index (κ2) is 5.73. The molecule has 1 rings (SSSR count). The lowest BCUT2D eigenvalue weighted by atomic mass is 10.1. The van der Waals surface area contributed by atoms with Gasteiger partial charge in [-0.3, -0.25) is 0 Å². The Morgan fingerprint density at radius 1 is 1.13 bits per heavy atom. The molecule has 3 nitrogen and oxygen atoms in total. The van der Waals surface area contributed by atoms with E-state index in [-0.39, 0.29) is 13.2 Å². The Morgan fingerprint density at radius 2 is 1.73 bits per heavy atom. The Balaban J connectivity index is 2.79. The van der Waals surface area contributed by atoms with Crippen LogP contribution >= 0.6 is 0 Å². The molecule has 0 unspecified atom stereocenters. The number of rotatable bonds is 5. The van der Waals surface area contributed by atoms with E-state index < -0.39 is 0 Å². The minimum Gasteiger partial charge on any atom is -0.493 e. The van der Waals surface area contributed by atoms with Crippen LogP contribution < -0.4 is 4.74 Å². The van der Waals surface area contributed by atoms with Crippen molar-refractivity contribution in [1.82, 2.24) is 0 Å². The average Bonchev–Trinajstić information content (AvgIpc) is 2.22. The van der Waals surface area contributed by atoms with E-state index in [9.17, 15) is 0 Å². The first kappa shape index (κ1) is 12.0. The van der Waals surface area contributed by atoms with Crippen molar-refractivity contribution in [2.24, 2.45) is 0 Å². The highest BCUT2D eigenvalue weighted by molar-refractivity contribution is 5.43. The molecule has 0 aliphatic rings. The van der Waals surface area contributed by atoms with Crippen LogP contribution in [-0.4, -0.2) is 23.4 Å². The first-order valence-electron chi connectivity index (χ1n) is 5.13. The molecule has 3 heteroatoms. The van der Waals surface area contributed by atoms with Crippen molar-refractivity contribution >= 4 is 0 Å². The van der Waals surface area contributed by atoms with Crippen LogP contribution in [0.3, 0.4) is 0 Å². The molecule has 0 amide bonds. The molecule has 1 aromatic carbocycles. The summed E-state index contributed by atoms with van der Waals surface area (Å²) >= 11 is 0. The zero-order valence-electron chi connectivity index (χ0n) is 9.29. The molecule has 15 heavy (non-hydrogen) atoms. The molecule has 0 aliphatic heterocycles. The van der Waals surface area contributed by atoms with Crippen molar-refractivity contribution < 1.29 is 14.9 Å². The van der Waals surface area contributed by atoms with Crippen molar-refractivity contribution in [2.75, 3.05) is 13.2 Å². The molecule has 0 bridgehead atoms. The summed E-state index contributed by atoms with van der Waals surface area (Å²) in [6.07, 6.45) is 0.640. The normalized spacial score (nSPS) is 10.4. The van der Waals surface area contributed by atoms with Crippen molar-refractivity contribution in [1.29, 1.82) is 0 Å². The Bertz CT molecular complexity index is 298. The lowest BCUT2D eigenvalue weighted by Gasteiger charge is -2.13. The van der Waals surface area contributed by atoms with Gasteiger partial charge in [0.25, 0.3) is 0 Å². The van der Waals surface area contributed by atoms with Gasteiger partial charge < -0.3 is 14.9 Å². The summed E-state index contributed by atoms with van der Waals surface area (Å²) < 4.78 is 5.57. The first-order chi connectivity index (χ1) is 7.19. The van der Waals surface area contributed by atoms with E-state index >= 15 is 0 Å². The van der Waals surface area contributed by atoms with Crippen molar-refractivity contribution in [3.8, 4) is 5.75 Å². The zero-order valence-corrected chi connectivity index (χ0v) is 9.29. The number of aryl methyl sites for hydroxylation is 2. The third kappa shape index (κ3) is 3.22. The fourth-order valence-corrected chi connectivity index (χ4v) is 1.60. The van der Waals surface area contributed by atoms with E-state index in [1.807, 2.05) is 26.0 Å². The van der Waals surface area contributed by atoms with Crippen LogP contribution in [-0.2, 0) is 6.61 Å². The summed E-state index contributed by atoms with van der Waals surface area (Å²) in [5.41, 5.74) is 2.95. The predicted octanol–water partition coefficient (Wildman–Crippen LogP) is 1.56. The van der Waals surface area contributed by atoms with E-state index in [0.717, 1.165) is 22.4 Å². The molecule has 0 saturated heterocycles. The molecule has 84 valence electrons. The average molecular weight is 210 g/mol. The van der Waals surface area contributed by atoms with Gasteiger partial charge >= 0.3 is 0 Å². The molecule has 0 fully saturated rings. The highest BCUT2D eigenvalue weighted by atomic mass is 16.5. The number of aliphatic hydroxyl groups is 2. The van der Waals surface area contributed by atoms with Gasteiger partial charge in [0.2, 0.25) is 0 Å². The fourth-order valence-electron chi connectivity index (χ4n) is 1.60. The minimum atomic E-state index is 0.0542. The Hall–Kier alpha value is -1.06. The lowest BCUT2D eigenvalue weighted by molar-refractivity contribution is 0.232. The van der Waals surface area contributed by atoms with Gasteiger partial charge in [-0.1, -0.05) is 12.1 Å². The quantitative estimate of drug-likeness (QED) is 0.725. The molecule has 0 saturated carbocycles. The van der Waals surface area contributed by atoms with Gasteiger partial charge in [-0.25, -0.2) is 0 Å². The van der Waals surface area contributed by atoms with Crippen molar-refractivity contribution in [3.05, 3.63) is 28.8 Å². The smallest absolute Gasteiger partial charge is 0.125 e. The topological polar surface area (TPSA) is 49.7 Å². The summed E-state index contributed by atoms with van der Waals surface area (Å²) in [6, 6.07) is 3.84. The van der Waals surface area contributed by atoms with Gasteiger partial charge in [0.15, 0.2) is 0 Å². The van der Waals surface area contributed by atoms with E-state index in [1.54, 1.807) is 0 Å². The fraction of sp³-hybridized carbons (Fsp3) is 0.500. The molecule has 0 spiro atoms. The van der Waals surface area contributed by atoms with Crippen LogP contribution in [0.4, 0.5) is 0 Å². The third-order valence-electron chi connectivity index (χ3n) is 2.25. The van der Waals surface area contributed by atoms with Crippen LogP contribution in [0.25, 0.3) is 0 Å². The largest absolute Gasteiger partial charge is 0.493 e. The maximum absolute atomic E-state index is 9.02. The summed E-state index contributed by atoms with van der Waals surface area (Å²) in [5.74, 6) is 0.862. The van der Waals surface area contributed by atoms with Gasteiger partial charge in [0, 0.05) is 13.0 Å². The Labute approximate surface area is 90.3 Å². The van der Waals surface area contributed by atoms with Gasteiger partial charge in [0.05, 0.1) is 13.2 Å². The Kier molecular flexibility index (Phi) is 4.59. The highest BCUT2D eigenvalue weighted by Gasteiger charge is 2.05. The van der Waals surface area contributed by atoms with Crippen molar-refractivity contribution in [3.63, 3.8) is 0 Å². The van der Waals surface area contributed by atoms with Crippen LogP contribution in [0.5, 0.6) is 5.75 Å². The number of aliphatic hydroxyl groups excluding tert-OH is 2. The molecule has 0 heterocycles. The van der Waals surface area contributed by atoms with Crippen LogP contribution in [0.2, 0.25) is 0 Å². The van der Waals surface area contributed by atoms with Gasteiger partial charge in [-0.05, 0) is 30.5 Å². The maximum atomic E-state index is 9.02. The van der Waals surface area contributed by atoms with Crippen LogP contribution in [0.15, 0.2) is 12.1 Å². The summed E-state index contributed by atoms with van der Waals surface area (Å²) in [7, 11) is 0. The summed E-state index contributed by atoms with van der Waals surface area (Å²) in [4.78, 5) is 0. The monoisotopic (exact) mass is 210 g/mol. The van der Waals surface area contributed by atoms with Crippen LogP contribution in [0.1, 0.15) is 23.1 Å². The number of ether oxygens (including phenoxy) is 1. The number of benzene rings is 1. The third-order valence-corrected chi connectivity index (χ3v) is 2.25. The predicted molar refractivity (Wildman–Crippen MR) is 59.0 cm³/mol. The van der Waals surface area contributed by atoms with Crippen molar-refractivity contribution in [2.45, 2.75) is 26.9 Å². The molecule has 0 atom stereocenters. The van der Waals surface area contributed by atoms with E-state index in [1.165, 1.54) is 0 Å². The first-order valence-corrected chi connectivity index (χ1v) is 5.13. The number of hydrogen-bond acceptors (Lipinski definition) is 3. The standard InChI is InChI=1S/C12H18O3/c1-9-6-11(8-14)7-10(2)12(9)15-5-3-4-13/h6-7,13-14H,3-5,8H2,1-2H3. The summed E-state index contributed by atoms with van der Waals surface area (Å²) in [5, 5.41) is 17.7. The molecule has 0 aromatic heterocycles. The maximum Gasteiger partial charge on any atom is 0.125 e. The number of hydrogen-bond donors (Lipinski definition) is 2. The molecule has 2 N–H and O–H groups in total. The second-order valence-corrected chi connectivity index (χ2v) is 3.64. The van der Waals surface area contributed by atoms with Gasteiger partial charge in [-0.15, -0.1) is 0 Å². The zero-order chi connectivity index (χ0) is 11.3. The van der Waals surface area contributed by atoms with E-state index in [0.29, 0.717) is 13.0 Å². The van der Waals surface area contributed by atoms with Gasteiger partial charge in [0.1, 0.15) is 5.75 Å². The SMILES string of the molecule is Cc1cc(CO)cc(C)c1OCCCO. The second-order valence-electron chi connectivity index (χ2n) is 3.64. The Morgan fingerprint density at radius 3 is 2.20 bits per heavy atom.